The molecule has 2 heterocycles. The van der Waals surface area contributed by atoms with Crippen LogP contribution in [0, 0.1) is 0 Å². The number of hydrogen-bond acceptors (Lipinski definition) is 3. The quantitative estimate of drug-likeness (QED) is 0.165. The Morgan fingerprint density at radius 3 is 1.15 bits per heavy atom. The normalized spacial score (nSPS) is 13.9. The fourth-order valence-corrected chi connectivity index (χ4v) is 16.6. The van der Waals surface area contributed by atoms with Crippen molar-refractivity contribution in [1.29, 1.82) is 0 Å². The Morgan fingerprint density at radius 1 is 0.241 bits per heavy atom. The van der Waals surface area contributed by atoms with E-state index in [-0.39, 0.29) is 0 Å². The molecule has 0 atom stereocenters. The predicted octanol–water partition coefficient (Wildman–Crippen LogP) is 21.2. The number of nitrogens with zero attached hydrogens (tertiary/aromatic N) is 2. The Hall–Kier alpha value is -11.3. The average Bonchev–Trinajstić information content (AvgIpc) is 1.58. The minimum Gasteiger partial charge on any atom is -0.455 e. The van der Waals surface area contributed by atoms with Crippen molar-refractivity contribution in [3.63, 3.8) is 0 Å². The number of fused-ring (bicyclic) bond motifs is 29. The van der Waals surface area contributed by atoms with Gasteiger partial charge in [-0.25, -0.2) is 4.98 Å². The molecule has 2 spiro atoms. The van der Waals surface area contributed by atoms with Crippen LogP contribution >= 0.6 is 0 Å². The lowest BCUT2D eigenvalue weighted by molar-refractivity contribution is 0.670. The van der Waals surface area contributed by atoms with Crippen molar-refractivity contribution in [1.82, 2.24) is 9.97 Å². The lowest BCUT2D eigenvalue weighted by Crippen LogP contribution is -2.25. The second-order valence-electron chi connectivity index (χ2n) is 24.1. The molecule has 0 saturated carbocycles. The monoisotopic (exact) mass is 1100 g/mol. The molecular weight excluding hydrogens is 1050 g/mol. The van der Waals surface area contributed by atoms with Crippen LogP contribution in [0.3, 0.4) is 0 Å². The van der Waals surface area contributed by atoms with Crippen LogP contribution in [0.4, 0.5) is 0 Å². The van der Waals surface area contributed by atoms with E-state index in [0.717, 1.165) is 88.0 Å². The molecule has 14 aromatic carbocycles. The molecule has 0 unspecified atom stereocenters. The van der Waals surface area contributed by atoms with Gasteiger partial charge in [-0.3, -0.25) is 4.98 Å². The second kappa shape index (κ2) is 17.2. The molecule has 20 rings (SSSR count). The highest BCUT2D eigenvalue weighted by Gasteiger charge is 2.53. The van der Waals surface area contributed by atoms with Crippen LogP contribution in [0.25, 0.3) is 144 Å². The highest BCUT2D eigenvalue weighted by Crippen LogP contribution is 2.65. The van der Waals surface area contributed by atoms with E-state index in [1.807, 2.05) is 18.3 Å². The molecule has 3 nitrogen and oxygen atoms in total. The summed E-state index contributed by atoms with van der Waals surface area (Å²) in [5, 5.41) is 6.61. The molecule has 4 aliphatic rings. The number of rotatable bonds is 4. The molecule has 400 valence electrons. The summed E-state index contributed by atoms with van der Waals surface area (Å²) in [5.74, 6) is 0. The molecule has 2 aromatic heterocycles. The smallest absolute Gasteiger partial charge is 0.143 e. The minimum atomic E-state index is -0.454. The first kappa shape index (κ1) is 47.1. The van der Waals surface area contributed by atoms with Crippen LogP contribution in [0.1, 0.15) is 44.5 Å². The van der Waals surface area contributed by atoms with Crippen molar-refractivity contribution >= 4 is 54.5 Å². The standard InChI is InChI=1S/C84H48N2O/c1-8-28-70-56(19-1)57-20-2-9-29-71(57)83(70)74-32-12-5-23-60(74)62-39-35-51(46-76(62)83)49-37-41-65-68(44-49)69-45-50(52-36-40-63-61-24-6-13-33-75(61)84(77(63)47-52)72-30-10-3-21-58(72)59-22-4-11-31-73(59)84)38-42-66(69)81-80(65)85-48-78(86-81)54-18-15-17-53(43-54)55-26-16-27-67-64-25-7-14-34-79(64)87-82(55)67/h1-48H. The van der Waals surface area contributed by atoms with Crippen LogP contribution in [0.15, 0.2) is 296 Å². The van der Waals surface area contributed by atoms with Crippen LogP contribution in [0.2, 0.25) is 0 Å². The molecule has 0 radical (unpaired) electrons. The first-order valence-electron chi connectivity index (χ1n) is 30.2. The SMILES string of the molecule is c1cc(-c2cnc3c4ccc(-c5ccc6c(c5)C5(c7ccccc7-c7ccccc75)c5ccccc5-6)cc4c4cc(-c5ccc6c(c5)C5(c7ccccc7-c7ccccc75)c5ccccc5-6)ccc4c3n2)cc(-c2cccc3c2oc2ccccc23)c1. The van der Waals surface area contributed by atoms with Crippen molar-refractivity contribution in [2.24, 2.45) is 0 Å². The fraction of sp³-hybridized carbons (Fsp3) is 0.0238. The zero-order valence-corrected chi connectivity index (χ0v) is 47.0. The molecule has 0 fully saturated rings. The van der Waals surface area contributed by atoms with E-state index < -0.39 is 10.8 Å². The van der Waals surface area contributed by atoms with Gasteiger partial charge in [0.2, 0.25) is 0 Å². The van der Waals surface area contributed by atoms with Crippen molar-refractivity contribution in [3.05, 3.63) is 336 Å². The van der Waals surface area contributed by atoms with E-state index in [9.17, 15) is 0 Å². The Bertz CT molecular complexity index is 5620. The minimum absolute atomic E-state index is 0.449. The van der Waals surface area contributed by atoms with Gasteiger partial charge in [-0.05, 0) is 164 Å². The topological polar surface area (TPSA) is 38.9 Å². The molecule has 3 heteroatoms. The molecule has 0 amide bonds. The zero-order chi connectivity index (χ0) is 56.7. The average molecular weight is 1100 g/mol. The van der Waals surface area contributed by atoms with Crippen LogP contribution in [-0.2, 0) is 10.8 Å². The molecule has 0 saturated heterocycles. The highest BCUT2D eigenvalue weighted by molar-refractivity contribution is 6.24. The van der Waals surface area contributed by atoms with Gasteiger partial charge < -0.3 is 4.42 Å². The van der Waals surface area contributed by atoms with Gasteiger partial charge in [0.25, 0.3) is 0 Å². The van der Waals surface area contributed by atoms with Gasteiger partial charge in [0.05, 0.1) is 33.8 Å². The van der Waals surface area contributed by atoms with E-state index in [0.29, 0.717) is 0 Å². The summed E-state index contributed by atoms with van der Waals surface area (Å²) in [5.41, 5.74) is 32.2. The Morgan fingerprint density at radius 2 is 0.632 bits per heavy atom. The molecule has 16 aromatic rings. The molecule has 0 bridgehead atoms. The molecule has 87 heavy (non-hydrogen) atoms. The van der Waals surface area contributed by atoms with Crippen molar-refractivity contribution in [2.75, 3.05) is 0 Å². The summed E-state index contributed by atoms with van der Waals surface area (Å²) in [6.45, 7) is 0. The largest absolute Gasteiger partial charge is 0.455 e. The fourth-order valence-electron chi connectivity index (χ4n) is 16.6. The Labute approximate surface area is 501 Å². The molecule has 0 N–H and O–H groups in total. The Balaban J connectivity index is 0.798. The Kier molecular flexibility index (Phi) is 9.32. The van der Waals surface area contributed by atoms with Gasteiger partial charge in [0.1, 0.15) is 11.2 Å². The lowest BCUT2D eigenvalue weighted by Gasteiger charge is -2.30. The summed E-state index contributed by atoms with van der Waals surface area (Å²) >= 11 is 0. The van der Waals surface area contributed by atoms with Crippen molar-refractivity contribution < 1.29 is 4.42 Å². The first-order valence-corrected chi connectivity index (χ1v) is 30.2. The summed E-state index contributed by atoms with van der Waals surface area (Å²) in [7, 11) is 0. The summed E-state index contributed by atoms with van der Waals surface area (Å²) in [6, 6.07) is 106. The van der Waals surface area contributed by atoms with Crippen LogP contribution in [0.5, 0.6) is 0 Å². The van der Waals surface area contributed by atoms with Crippen molar-refractivity contribution in [3.8, 4) is 89.1 Å². The molecular formula is C84H48N2O. The van der Waals surface area contributed by atoms with E-state index in [2.05, 4.69) is 273 Å². The maximum atomic E-state index is 6.55. The molecule has 4 aliphatic carbocycles. The summed E-state index contributed by atoms with van der Waals surface area (Å²) < 4.78 is 6.55. The highest BCUT2D eigenvalue weighted by atomic mass is 16.3. The second-order valence-corrected chi connectivity index (χ2v) is 24.1. The predicted molar refractivity (Wildman–Crippen MR) is 356 cm³/mol. The number of hydrogen-bond donors (Lipinski definition) is 0. The van der Waals surface area contributed by atoms with E-state index in [4.69, 9.17) is 14.4 Å². The van der Waals surface area contributed by atoms with E-state index >= 15 is 0 Å². The van der Waals surface area contributed by atoms with Gasteiger partial charge in [-0.15, -0.1) is 0 Å². The number of benzene rings is 14. The lowest BCUT2D eigenvalue weighted by atomic mass is 9.70. The summed E-state index contributed by atoms with van der Waals surface area (Å²) in [6.07, 6.45) is 1.96. The van der Waals surface area contributed by atoms with Crippen molar-refractivity contribution in [2.45, 2.75) is 10.8 Å². The number of furan rings is 1. The van der Waals surface area contributed by atoms with Crippen LogP contribution < -0.4 is 0 Å². The summed E-state index contributed by atoms with van der Waals surface area (Å²) in [4.78, 5) is 11.1. The van der Waals surface area contributed by atoms with Gasteiger partial charge >= 0.3 is 0 Å². The van der Waals surface area contributed by atoms with E-state index in [1.54, 1.807) is 0 Å². The third-order valence-corrected chi connectivity index (χ3v) is 20.1. The van der Waals surface area contributed by atoms with Gasteiger partial charge in [-0.1, -0.05) is 249 Å². The van der Waals surface area contributed by atoms with Gasteiger partial charge in [0, 0.05) is 32.7 Å². The third-order valence-electron chi connectivity index (χ3n) is 20.1. The first-order chi connectivity index (χ1) is 43.1. The number of aromatic nitrogens is 2. The van der Waals surface area contributed by atoms with Crippen LogP contribution in [-0.4, -0.2) is 9.97 Å². The van der Waals surface area contributed by atoms with E-state index in [1.165, 1.54) is 100 Å². The third kappa shape index (κ3) is 6.09. The molecule has 0 aliphatic heterocycles. The number of para-hydroxylation sites is 2. The van der Waals surface area contributed by atoms with Gasteiger partial charge in [0.15, 0.2) is 0 Å². The van der Waals surface area contributed by atoms with Gasteiger partial charge in [-0.2, -0.15) is 0 Å². The maximum Gasteiger partial charge on any atom is 0.143 e. The zero-order valence-electron chi connectivity index (χ0n) is 47.0. The maximum absolute atomic E-state index is 6.55.